The molecule has 1 amide bonds. The van der Waals surface area contributed by atoms with Crippen molar-refractivity contribution >= 4 is 34.0 Å². The molecule has 5 rings (SSSR count). The van der Waals surface area contributed by atoms with Crippen LogP contribution in [0.25, 0.3) is 16.6 Å². The minimum atomic E-state index is -0.943. The van der Waals surface area contributed by atoms with E-state index in [0.717, 1.165) is 11.0 Å². The molecule has 2 aliphatic rings. The van der Waals surface area contributed by atoms with E-state index in [4.69, 9.17) is 15.2 Å². The highest BCUT2D eigenvalue weighted by Crippen LogP contribution is 2.47. The van der Waals surface area contributed by atoms with E-state index in [0.29, 0.717) is 60.3 Å². The Labute approximate surface area is 197 Å². The number of hydrogen-bond acceptors (Lipinski definition) is 7. The van der Waals surface area contributed by atoms with Crippen LogP contribution in [-0.4, -0.2) is 59.4 Å². The first-order valence-corrected chi connectivity index (χ1v) is 11.2. The second-order valence-electron chi connectivity index (χ2n) is 8.64. The van der Waals surface area contributed by atoms with Crippen molar-refractivity contribution in [2.75, 3.05) is 32.2 Å². The number of amides is 1. The molecule has 34 heavy (non-hydrogen) atoms. The number of nitrogens with one attached hydrogen (secondary N) is 1. The number of carbonyl (C=O) groups excluding carboxylic acids is 2. The molecule has 0 aliphatic carbocycles. The Kier molecular flexibility index (Phi) is 5.19. The van der Waals surface area contributed by atoms with Gasteiger partial charge in [-0.25, -0.2) is 4.98 Å². The number of imidazole rings is 1. The van der Waals surface area contributed by atoms with Crippen molar-refractivity contribution in [1.29, 1.82) is 0 Å². The fourth-order valence-electron chi connectivity index (χ4n) is 5.04. The second kappa shape index (κ2) is 8.09. The lowest BCUT2D eigenvalue weighted by molar-refractivity contribution is -0.132. The molecule has 0 radical (unpaired) electrons. The number of carbonyl (C=O) groups is 2. The Morgan fingerprint density at radius 1 is 1.09 bits per heavy atom. The van der Waals surface area contributed by atoms with Gasteiger partial charge >= 0.3 is 0 Å². The minimum Gasteiger partial charge on any atom is -0.497 e. The Balaban J connectivity index is 1.67. The number of Topliss-reactive ketones (excluding diaryl/α,β-unsaturated/α-hetero) is 1. The number of rotatable bonds is 4. The zero-order chi connectivity index (χ0) is 24.0. The number of ether oxygens (including phenoxy) is 2. The summed E-state index contributed by atoms with van der Waals surface area (Å²) < 4.78 is 10.9. The molecule has 1 spiro atoms. The maximum Gasteiger partial charge on any atom is 0.219 e. The van der Waals surface area contributed by atoms with Crippen molar-refractivity contribution in [3.8, 4) is 11.5 Å². The Morgan fingerprint density at radius 2 is 1.74 bits per heavy atom. The number of nitrogens with two attached hydrogens (primary N) is 1. The highest BCUT2D eigenvalue weighted by atomic mass is 16.5. The first-order valence-electron chi connectivity index (χ1n) is 11.2. The van der Waals surface area contributed by atoms with Gasteiger partial charge in [-0.1, -0.05) is 12.1 Å². The summed E-state index contributed by atoms with van der Waals surface area (Å²) in [5, 5.41) is 0. The van der Waals surface area contributed by atoms with Gasteiger partial charge < -0.3 is 30.0 Å². The van der Waals surface area contributed by atoms with Crippen LogP contribution < -0.4 is 20.1 Å². The number of anilines is 1. The molecule has 176 valence electrons. The van der Waals surface area contributed by atoms with Crippen LogP contribution in [0.15, 0.2) is 48.3 Å². The summed E-state index contributed by atoms with van der Waals surface area (Å²) in [6, 6.07) is 13.0. The van der Waals surface area contributed by atoms with Crippen LogP contribution in [0.4, 0.5) is 5.69 Å². The van der Waals surface area contributed by atoms with Crippen molar-refractivity contribution in [3.05, 3.63) is 54.1 Å². The van der Waals surface area contributed by atoms with E-state index in [-0.39, 0.29) is 11.7 Å². The number of H-pyrrole nitrogens is 1. The number of hydrogen-bond donors (Lipinski definition) is 2. The molecule has 2 aromatic carbocycles. The predicted molar refractivity (Wildman–Crippen MR) is 128 cm³/mol. The second-order valence-corrected chi connectivity index (χ2v) is 8.64. The number of piperidine rings is 1. The lowest BCUT2D eigenvalue weighted by Crippen LogP contribution is -2.58. The number of methoxy groups -OCH3 is 2. The summed E-state index contributed by atoms with van der Waals surface area (Å²) in [5.41, 5.74) is 8.43. The topological polar surface area (TPSA) is 114 Å². The van der Waals surface area contributed by atoms with E-state index in [2.05, 4.69) is 9.97 Å². The van der Waals surface area contributed by atoms with Crippen LogP contribution in [0.2, 0.25) is 0 Å². The first-order chi connectivity index (χ1) is 16.4. The summed E-state index contributed by atoms with van der Waals surface area (Å²) in [4.78, 5) is 37.7. The van der Waals surface area contributed by atoms with Gasteiger partial charge in [-0.15, -0.1) is 0 Å². The third kappa shape index (κ3) is 3.27. The lowest BCUT2D eigenvalue weighted by atomic mass is 9.81. The number of aromatic nitrogens is 2. The van der Waals surface area contributed by atoms with Gasteiger partial charge in [0.05, 0.1) is 30.9 Å². The molecule has 3 N–H and O–H groups in total. The van der Waals surface area contributed by atoms with Gasteiger partial charge in [-0.05, 0) is 25.0 Å². The Bertz CT molecular complexity index is 1260. The molecule has 9 nitrogen and oxygen atoms in total. The summed E-state index contributed by atoms with van der Waals surface area (Å²) in [5.74, 6) is 1.82. The molecule has 2 aliphatic heterocycles. The van der Waals surface area contributed by atoms with E-state index in [1.54, 1.807) is 32.1 Å². The van der Waals surface area contributed by atoms with Gasteiger partial charge in [0.2, 0.25) is 5.91 Å². The Hall–Kier alpha value is -4.01. The monoisotopic (exact) mass is 461 g/mol. The molecule has 3 heterocycles. The normalized spacial score (nSPS) is 17.7. The molecule has 1 saturated heterocycles. The number of nitrogens with zero attached hydrogens (tertiary/aromatic N) is 3. The highest BCUT2D eigenvalue weighted by Gasteiger charge is 2.55. The molecule has 0 atom stereocenters. The summed E-state index contributed by atoms with van der Waals surface area (Å²) in [6.07, 6.45) is 0.880. The van der Waals surface area contributed by atoms with Crippen LogP contribution in [0.1, 0.15) is 25.6 Å². The molecular formula is C25H27N5O4. The van der Waals surface area contributed by atoms with Crippen LogP contribution in [0.5, 0.6) is 11.5 Å². The number of likely N-dealkylation sites (tertiary alicyclic amines) is 1. The van der Waals surface area contributed by atoms with E-state index >= 15 is 0 Å². The summed E-state index contributed by atoms with van der Waals surface area (Å²) >= 11 is 0. The summed E-state index contributed by atoms with van der Waals surface area (Å²) in [7, 11) is 3.15. The third-order valence-corrected chi connectivity index (χ3v) is 6.83. The Morgan fingerprint density at radius 3 is 2.32 bits per heavy atom. The number of benzene rings is 2. The number of aromatic amines is 1. The number of para-hydroxylation sites is 2. The van der Waals surface area contributed by atoms with Crippen LogP contribution in [-0.2, 0) is 9.59 Å². The maximum atomic E-state index is 14.1. The highest BCUT2D eigenvalue weighted by molar-refractivity contribution is 6.30. The maximum absolute atomic E-state index is 14.1. The smallest absolute Gasteiger partial charge is 0.219 e. The quantitative estimate of drug-likeness (QED) is 0.614. The van der Waals surface area contributed by atoms with E-state index < -0.39 is 5.54 Å². The molecule has 0 unspecified atom stereocenters. The largest absolute Gasteiger partial charge is 0.497 e. The van der Waals surface area contributed by atoms with Crippen LogP contribution in [0, 0.1) is 0 Å². The van der Waals surface area contributed by atoms with Gasteiger partial charge in [0, 0.05) is 38.2 Å². The fourth-order valence-corrected chi connectivity index (χ4v) is 5.04. The van der Waals surface area contributed by atoms with Gasteiger partial charge in [-0.2, -0.15) is 0 Å². The lowest BCUT2D eigenvalue weighted by Gasteiger charge is -2.44. The average Bonchev–Trinajstić information content (AvgIpc) is 3.35. The van der Waals surface area contributed by atoms with Crippen molar-refractivity contribution in [3.63, 3.8) is 0 Å². The molecule has 0 bridgehead atoms. The fraction of sp³-hybridized carbons (Fsp3) is 0.320. The van der Waals surface area contributed by atoms with Gasteiger partial charge in [0.1, 0.15) is 34.3 Å². The van der Waals surface area contributed by atoms with Crippen molar-refractivity contribution in [2.24, 2.45) is 5.73 Å². The zero-order valence-corrected chi connectivity index (χ0v) is 19.4. The molecule has 0 saturated carbocycles. The average molecular weight is 462 g/mol. The zero-order valence-electron chi connectivity index (χ0n) is 19.4. The van der Waals surface area contributed by atoms with E-state index in [9.17, 15) is 9.59 Å². The third-order valence-electron chi connectivity index (χ3n) is 6.83. The van der Waals surface area contributed by atoms with Crippen LogP contribution >= 0.6 is 0 Å². The number of ketones is 1. The summed E-state index contributed by atoms with van der Waals surface area (Å²) in [6.45, 7) is 2.46. The van der Waals surface area contributed by atoms with Gasteiger partial charge in [0.25, 0.3) is 0 Å². The van der Waals surface area contributed by atoms with Crippen molar-refractivity contribution in [1.82, 2.24) is 14.9 Å². The predicted octanol–water partition coefficient (Wildman–Crippen LogP) is 2.68. The van der Waals surface area contributed by atoms with Gasteiger partial charge in [0.15, 0.2) is 5.78 Å². The van der Waals surface area contributed by atoms with E-state index in [1.807, 2.05) is 41.3 Å². The molecular weight excluding hydrogens is 434 g/mol. The van der Waals surface area contributed by atoms with Gasteiger partial charge in [-0.3, -0.25) is 9.59 Å². The molecule has 1 aromatic heterocycles. The standard InChI is InChI=1S/C25H27N5O4/c1-15(31)29-10-8-25(9-11-29)22(32)21(24-27-19-6-4-5-7-20(19)28-24)23(26)30(25)16-12-17(33-2)14-18(13-16)34-3/h4-7,12-14H,8-11,26H2,1-3H3,(H,27,28). The molecule has 1 fully saturated rings. The number of fused-ring (bicyclic) bond motifs is 1. The van der Waals surface area contributed by atoms with Crippen LogP contribution in [0.3, 0.4) is 0 Å². The molecule has 9 heteroatoms. The van der Waals surface area contributed by atoms with E-state index in [1.165, 1.54) is 0 Å². The van der Waals surface area contributed by atoms with Crippen molar-refractivity contribution in [2.45, 2.75) is 25.3 Å². The molecule has 3 aromatic rings. The van der Waals surface area contributed by atoms with Crippen molar-refractivity contribution < 1.29 is 19.1 Å². The minimum absolute atomic E-state index is 0.00617. The SMILES string of the molecule is COc1cc(OC)cc(N2C(N)=C(c3nc4ccccc4[nH]3)C(=O)C23CCN(C(C)=O)CC3)c1. The first kappa shape index (κ1) is 21.8.